The second-order valence-electron chi connectivity index (χ2n) is 4.64. The van der Waals surface area contributed by atoms with Crippen LogP contribution in [0.15, 0.2) is 29.6 Å². The van der Waals surface area contributed by atoms with E-state index in [9.17, 15) is 9.90 Å². The van der Waals surface area contributed by atoms with Crippen molar-refractivity contribution in [3.05, 3.63) is 35.2 Å². The van der Waals surface area contributed by atoms with Crippen LogP contribution in [0.2, 0.25) is 0 Å². The van der Waals surface area contributed by atoms with Crippen molar-refractivity contribution >= 4 is 27.4 Å². The third-order valence-electron chi connectivity index (χ3n) is 3.42. The highest BCUT2D eigenvalue weighted by atomic mass is 32.1. The molecule has 2 N–H and O–H groups in total. The standard InChI is InChI=1S/C14H17NO2S/c1-14(13(16)17,7-8-15-2)11-9-18-12-6-4-3-5-10(11)12/h3-6,9,15H,7-8H2,1-2H3,(H,16,17). The van der Waals surface area contributed by atoms with Crippen LogP contribution in [0.4, 0.5) is 0 Å². The summed E-state index contributed by atoms with van der Waals surface area (Å²) in [4.78, 5) is 11.6. The number of carboxylic acid groups (broad SMARTS) is 1. The Bertz CT molecular complexity index is 564. The van der Waals surface area contributed by atoms with Crippen LogP contribution < -0.4 is 5.32 Å². The lowest BCUT2D eigenvalue weighted by molar-refractivity contribution is -0.143. The summed E-state index contributed by atoms with van der Waals surface area (Å²) in [5.41, 5.74) is 0.0913. The largest absolute Gasteiger partial charge is 0.481 e. The van der Waals surface area contributed by atoms with E-state index in [2.05, 4.69) is 5.32 Å². The van der Waals surface area contributed by atoms with Crippen molar-refractivity contribution in [2.45, 2.75) is 18.8 Å². The molecule has 2 rings (SSSR count). The lowest BCUT2D eigenvalue weighted by Crippen LogP contribution is -2.35. The van der Waals surface area contributed by atoms with Crippen LogP contribution in [0.5, 0.6) is 0 Å². The molecule has 0 saturated carbocycles. The van der Waals surface area contributed by atoms with Gasteiger partial charge in [0.1, 0.15) is 0 Å². The van der Waals surface area contributed by atoms with Crippen LogP contribution in [0.25, 0.3) is 10.1 Å². The first-order chi connectivity index (χ1) is 8.59. The number of rotatable bonds is 5. The minimum atomic E-state index is -0.831. The minimum Gasteiger partial charge on any atom is -0.481 e. The average Bonchev–Trinajstić information content (AvgIpc) is 2.80. The van der Waals surface area contributed by atoms with Crippen molar-refractivity contribution in [3.63, 3.8) is 0 Å². The van der Waals surface area contributed by atoms with E-state index in [-0.39, 0.29) is 0 Å². The molecule has 4 heteroatoms. The maximum absolute atomic E-state index is 11.6. The number of aliphatic carboxylic acids is 1. The van der Waals surface area contributed by atoms with Gasteiger partial charge in [-0.05, 0) is 49.3 Å². The molecule has 1 atom stereocenters. The number of thiophene rings is 1. The van der Waals surface area contributed by atoms with Gasteiger partial charge in [0.05, 0.1) is 5.41 Å². The molecule has 1 heterocycles. The Morgan fingerprint density at radius 3 is 2.83 bits per heavy atom. The highest BCUT2D eigenvalue weighted by Crippen LogP contribution is 2.37. The van der Waals surface area contributed by atoms with Crippen molar-refractivity contribution in [2.75, 3.05) is 13.6 Å². The molecule has 0 aliphatic carbocycles. The van der Waals surface area contributed by atoms with Gasteiger partial charge in [0, 0.05) is 4.70 Å². The van der Waals surface area contributed by atoms with Crippen LogP contribution >= 0.6 is 11.3 Å². The molecule has 0 aliphatic rings. The highest BCUT2D eigenvalue weighted by Gasteiger charge is 2.36. The molecule has 1 unspecified atom stereocenters. The minimum absolute atomic E-state index is 0.583. The van der Waals surface area contributed by atoms with Crippen LogP contribution in [0, 0.1) is 0 Å². The lowest BCUT2D eigenvalue weighted by Gasteiger charge is -2.24. The van der Waals surface area contributed by atoms with Crippen molar-refractivity contribution in [3.8, 4) is 0 Å². The van der Waals surface area contributed by atoms with E-state index in [0.717, 1.165) is 15.6 Å². The van der Waals surface area contributed by atoms with Crippen LogP contribution in [0.3, 0.4) is 0 Å². The number of carboxylic acids is 1. The Balaban J connectivity index is 2.51. The SMILES string of the molecule is CNCCC(C)(C(=O)O)c1csc2ccccc12. The van der Waals surface area contributed by atoms with E-state index in [4.69, 9.17) is 0 Å². The molecule has 18 heavy (non-hydrogen) atoms. The molecule has 0 bridgehead atoms. The fourth-order valence-electron chi connectivity index (χ4n) is 2.14. The average molecular weight is 263 g/mol. The number of carbonyl (C=O) groups is 1. The second-order valence-corrected chi connectivity index (χ2v) is 5.55. The summed E-state index contributed by atoms with van der Waals surface area (Å²) in [6.45, 7) is 2.49. The molecule has 96 valence electrons. The maximum atomic E-state index is 11.6. The molecule has 0 fully saturated rings. The van der Waals surface area contributed by atoms with E-state index in [1.54, 1.807) is 18.3 Å². The first-order valence-electron chi connectivity index (χ1n) is 5.94. The molecule has 0 radical (unpaired) electrons. The van der Waals surface area contributed by atoms with Gasteiger partial charge in [-0.15, -0.1) is 11.3 Å². The molecule has 0 aliphatic heterocycles. The van der Waals surface area contributed by atoms with Gasteiger partial charge in [0.2, 0.25) is 0 Å². The summed E-state index contributed by atoms with van der Waals surface area (Å²) < 4.78 is 1.14. The zero-order chi connectivity index (χ0) is 13.2. The van der Waals surface area contributed by atoms with Gasteiger partial charge in [0.15, 0.2) is 0 Å². The summed E-state index contributed by atoms with van der Waals surface area (Å²) in [7, 11) is 1.84. The fourth-order valence-corrected chi connectivity index (χ4v) is 3.23. The van der Waals surface area contributed by atoms with Gasteiger partial charge < -0.3 is 10.4 Å². The van der Waals surface area contributed by atoms with Crippen molar-refractivity contribution < 1.29 is 9.90 Å². The first-order valence-corrected chi connectivity index (χ1v) is 6.82. The predicted octanol–water partition coefficient (Wildman–Crippen LogP) is 2.85. The van der Waals surface area contributed by atoms with Gasteiger partial charge in [0.25, 0.3) is 0 Å². The van der Waals surface area contributed by atoms with E-state index >= 15 is 0 Å². The molecule has 1 aromatic heterocycles. The Kier molecular flexibility index (Phi) is 3.68. The quantitative estimate of drug-likeness (QED) is 0.872. The van der Waals surface area contributed by atoms with Crippen molar-refractivity contribution in [1.82, 2.24) is 5.32 Å². The molecular formula is C14H17NO2S. The summed E-state index contributed by atoms with van der Waals surface area (Å²) in [6.07, 6.45) is 0.583. The molecular weight excluding hydrogens is 246 g/mol. The van der Waals surface area contributed by atoms with E-state index < -0.39 is 11.4 Å². The molecule has 1 aromatic carbocycles. The van der Waals surface area contributed by atoms with Gasteiger partial charge in [-0.1, -0.05) is 18.2 Å². The third kappa shape index (κ3) is 2.13. The Hall–Kier alpha value is -1.39. The summed E-state index contributed by atoms with van der Waals surface area (Å²) in [5, 5.41) is 15.6. The number of nitrogens with one attached hydrogen (secondary N) is 1. The summed E-state index contributed by atoms with van der Waals surface area (Å²) >= 11 is 1.61. The van der Waals surface area contributed by atoms with Gasteiger partial charge >= 0.3 is 5.97 Å². The normalized spacial score (nSPS) is 14.6. The van der Waals surface area contributed by atoms with Gasteiger partial charge in [-0.2, -0.15) is 0 Å². The van der Waals surface area contributed by atoms with Gasteiger partial charge in [-0.25, -0.2) is 0 Å². The number of hydrogen-bond donors (Lipinski definition) is 2. The Morgan fingerprint density at radius 2 is 2.17 bits per heavy atom. The van der Waals surface area contributed by atoms with Crippen LogP contribution in [-0.2, 0) is 10.2 Å². The fraction of sp³-hybridized carbons (Fsp3) is 0.357. The van der Waals surface area contributed by atoms with E-state index in [1.807, 2.05) is 36.7 Å². The monoisotopic (exact) mass is 263 g/mol. The topological polar surface area (TPSA) is 49.3 Å². The van der Waals surface area contributed by atoms with Crippen LogP contribution in [0.1, 0.15) is 18.9 Å². The molecule has 0 amide bonds. The Labute approximate surface area is 110 Å². The highest BCUT2D eigenvalue weighted by molar-refractivity contribution is 7.17. The zero-order valence-electron chi connectivity index (χ0n) is 10.6. The number of hydrogen-bond acceptors (Lipinski definition) is 3. The number of benzene rings is 1. The molecule has 0 spiro atoms. The summed E-state index contributed by atoms with van der Waals surface area (Å²) in [6, 6.07) is 7.97. The summed E-state index contributed by atoms with van der Waals surface area (Å²) in [5.74, 6) is -0.763. The molecule has 0 saturated heterocycles. The smallest absolute Gasteiger partial charge is 0.313 e. The van der Waals surface area contributed by atoms with Crippen LogP contribution in [-0.4, -0.2) is 24.7 Å². The predicted molar refractivity (Wildman–Crippen MR) is 75.4 cm³/mol. The third-order valence-corrected chi connectivity index (χ3v) is 4.39. The zero-order valence-corrected chi connectivity index (χ0v) is 11.4. The second kappa shape index (κ2) is 5.08. The van der Waals surface area contributed by atoms with E-state index in [1.165, 1.54) is 0 Å². The lowest BCUT2D eigenvalue weighted by atomic mass is 9.79. The molecule has 3 nitrogen and oxygen atoms in total. The maximum Gasteiger partial charge on any atom is 0.313 e. The Morgan fingerprint density at radius 1 is 1.44 bits per heavy atom. The number of fused-ring (bicyclic) bond motifs is 1. The first kappa shape index (κ1) is 13.1. The van der Waals surface area contributed by atoms with Crippen molar-refractivity contribution in [2.24, 2.45) is 0 Å². The van der Waals surface area contributed by atoms with Crippen molar-refractivity contribution in [1.29, 1.82) is 0 Å². The molecule has 2 aromatic rings. The van der Waals surface area contributed by atoms with E-state index in [0.29, 0.717) is 13.0 Å². The van der Waals surface area contributed by atoms with Gasteiger partial charge in [-0.3, -0.25) is 4.79 Å².